The number of nitrogens with zero attached hydrogens (tertiary/aromatic N) is 5. The highest BCUT2D eigenvalue weighted by Gasteiger charge is 2.40. The molecule has 1 aliphatic heterocycles. The summed E-state index contributed by atoms with van der Waals surface area (Å²) in [5, 5.41) is 25.2. The Bertz CT molecular complexity index is 1710. The van der Waals surface area contributed by atoms with Gasteiger partial charge in [-0.1, -0.05) is 70.3 Å². The highest BCUT2D eigenvalue weighted by atomic mass is 35.5. The molecule has 196 valence electrons. The number of aromatic nitrogens is 4. The van der Waals surface area contributed by atoms with E-state index in [0.717, 1.165) is 33.3 Å². The molecule has 0 unspecified atom stereocenters. The van der Waals surface area contributed by atoms with Crippen molar-refractivity contribution in [2.24, 2.45) is 5.16 Å². The lowest BCUT2D eigenvalue weighted by molar-refractivity contribution is 0.0868. The Kier molecular flexibility index (Phi) is 6.37. The number of amides is 1. The van der Waals surface area contributed by atoms with E-state index < -0.39 is 5.54 Å². The highest BCUT2D eigenvalue weighted by molar-refractivity contribution is 6.40. The van der Waals surface area contributed by atoms with Crippen molar-refractivity contribution in [3.05, 3.63) is 111 Å². The summed E-state index contributed by atoms with van der Waals surface area (Å²) in [5.74, 6) is -0.364. The fourth-order valence-corrected chi connectivity index (χ4v) is 6.23. The lowest BCUT2D eigenvalue weighted by Crippen LogP contribution is -2.51. The van der Waals surface area contributed by atoms with Gasteiger partial charge in [-0.05, 0) is 49.6 Å². The summed E-state index contributed by atoms with van der Waals surface area (Å²) in [6, 6.07) is 19.5. The smallest absolute Gasteiger partial charge is 0.255 e. The van der Waals surface area contributed by atoms with Gasteiger partial charge in [0, 0.05) is 22.2 Å². The average molecular weight is 559 g/mol. The van der Waals surface area contributed by atoms with Gasteiger partial charge >= 0.3 is 0 Å². The van der Waals surface area contributed by atoms with E-state index in [1.807, 2.05) is 37.3 Å². The number of fused-ring (bicyclic) bond motifs is 3. The van der Waals surface area contributed by atoms with Crippen LogP contribution >= 0.6 is 23.2 Å². The van der Waals surface area contributed by atoms with E-state index in [0.29, 0.717) is 25.1 Å². The van der Waals surface area contributed by atoms with E-state index >= 15 is 0 Å². The Hall–Kier alpha value is -4.14. The highest BCUT2D eigenvalue weighted by Crippen LogP contribution is 2.40. The normalized spacial score (nSPS) is 17.0. The first-order valence-corrected chi connectivity index (χ1v) is 13.2. The molecule has 0 saturated carbocycles. The topological polar surface area (TPSA) is 97.3 Å². The number of benzene rings is 3. The van der Waals surface area contributed by atoms with Crippen LogP contribution in [-0.2, 0) is 18.5 Å². The predicted molar refractivity (Wildman–Crippen MR) is 151 cm³/mol. The van der Waals surface area contributed by atoms with Crippen molar-refractivity contribution < 1.29 is 10.0 Å². The third kappa shape index (κ3) is 4.35. The number of hydrogen-bond donors (Lipinski definition) is 2. The monoisotopic (exact) mass is 558 g/mol. The van der Waals surface area contributed by atoms with Crippen molar-refractivity contribution in [3.63, 3.8) is 0 Å². The van der Waals surface area contributed by atoms with Crippen LogP contribution in [0.25, 0.3) is 16.6 Å². The van der Waals surface area contributed by atoms with Crippen LogP contribution in [-0.4, -0.2) is 36.7 Å². The number of carbonyl (C=O) groups is 1. The van der Waals surface area contributed by atoms with Gasteiger partial charge in [0.05, 0.1) is 39.6 Å². The van der Waals surface area contributed by atoms with Gasteiger partial charge in [-0.15, -0.1) is 10.2 Å². The van der Waals surface area contributed by atoms with Crippen LogP contribution in [0.2, 0.25) is 10.0 Å². The van der Waals surface area contributed by atoms with Crippen molar-refractivity contribution in [1.82, 2.24) is 24.6 Å². The van der Waals surface area contributed by atoms with Crippen LogP contribution in [0.15, 0.2) is 78.5 Å². The van der Waals surface area contributed by atoms with Gasteiger partial charge in [0.1, 0.15) is 12.7 Å². The summed E-state index contributed by atoms with van der Waals surface area (Å²) in [7, 11) is 0. The van der Waals surface area contributed by atoms with Gasteiger partial charge in [0.15, 0.2) is 0 Å². The van der Waals surface area contributed by atoms with Crippen molar-refractivity contribution in [2.75, 3.05) is 0 Å². The Balaban J connectivity index is 1.44. The molecule has 10 heteroatoms. The number of halogens is 2. The van der Waals surface area contributed by atoms with Crippen LogP contribution < -0.4 is 5.32 Å². The Morgan fingerprint density at radius 1 is 1.08 bits per heavy atom. The Morgan fingerprint density at radius 3 is 2.49 bits per heavy atom. The lowest BCUT2D eigenvalue weighted by Gasteiger charge is -2.40. The first kappa shape index (κ1) is 25.2. The van der Waals surface area contributed by atoms with E-state index in [2.05, 4.69) is 43.4 Å². The van der Waals surface area contributed by atoms with Crippen molar-refractivity contribution >= 4 is 46.2 Å². The van der Waals surface area contributed by atoms with Crippen molar-refractivity contribution in [1.29, 1.82) is 0 Å². The first-order chi connectivity index (χ1) is 18.9. The maximum Gasteiger partial charge on any atom is 0.255 e. The zero-order valence-corrected chi connectivity index (χ0v) is 22.5. The molecule has 0 aliphatic carbocycles. The molecule has 6 rings (SSSR count). The maximum absolute atomic E-state index is 13.9. The Morgan fingerprint density at radius 2 is 1.79 bits per heavy atom. The van der Waals surface area contributed by atoms with E-state index in [-0.39, 0.29) is 21.5 Å². The van der Waals surface area contributed by atoms with Crippen LogP contribution in [0.1, 0.15) is 39.2 Å². The first-order valence-electron chi connectivity index (χ1n) is 12.4. The molecule has 8 nitrogen and oxygen atoms in total. The number of rotatable bonds is 5. The standard InChI is InChI=1S/C29H24Cl2N6O2/c1-18-7-8-25-21(11-18)22(14-34-39)26-9-10-29(15-37(25)26,19-5-3-2-4-6-19)35-28(38)27-23(30)12-20(13-24(27)31)36-16-32-33-17-36/h2-8,11-14,16-17,39H,9-10,15H2,1H3,(H,35,38)/t29-/m1/s1. The molecule has 0 spiro atoms. The number of carbonyl (C=O) groups excluding carboxylic acids is 1. The van der Waals surface area contributed by atoms with Crippen molar-refractivity contribution in [2.45, 2.75) is 31.8 Å². The molecule has 3 aromatic carbocycles. The van der Waals surface area contributed by atoms with Crippen LogP contribution in [0.5, 0.6) is 0 Å². The average Bonchev–Trinajstić information content (AvgIpc) is 3.56. The van der Waals surface area contributed by atoms with Crippen molar-refractivity contribution in [3.8, 4) is 5.69 Å². The molecule has 0 fully saturated rings. The summed E-state index contributed by atoms with van der Waals surface area (Å²) in [5.41, 5.74) is 5.16. The zero-order chi connectivity index (χ0) is 27.1. The van der Waals surface area contributed by atoms with E-state index in [4.69, 9.17) is 23.2 Å². The summed E-state index contributed by atoms with van der Waals surface area (Å²) in [6.07, 6.45) is 5.84. The second kappa shape index (κ2) is 9.87. The molecule has 39 heavy (non-hydrogen) atoms. The minimum Gasteiger partial charge on any atom is -0.411 e. The minimum atomic E-state index is -0.741. The molecule has 1 amide bonds. The van der Waals surface area contributed by atoms with Crippen LogP contribution in [0, 0.1) is 6.92 Å². The SMILES string of the molecule is Cc1ccc2c(c1)c(C=NO)c1n2C[C@@](NC(=O)c2c(Cl)cc(-n3cnnc3)cc2Cl)(c2ccccc2)CC1. The van der Waals surface area contributed by atoms with Gasteiger partial charge in [-0.25, -0.2) is 0 Å². The largest absolute Gasteiger partial charge is 0.411 e. The molecule has 0 radical (unpaired) electrons. The van der Waals surface area contributed by atoms with E-state index in [1.165, 1.54) is 18.9 Å². The molecule has 1 atom stereocenters. The summed E-state index contributed by atoms with van der Waals surface area (Å²) < 4.78 is 3.88. The van der Waals surface area contributed by atoms with Gasteiger partial charge in [-0.2, -0.15) is 0 Å². The van der Waals surface area contributed by atoms with Crippen LogP contribution in [0.4, 0.5) is 0 Å². The predicted octanol–water partition coefficient (Wildman–Crippen LogP) is 5.92. The molecular weight excluding hydrogens is 535 g/mol. The summed E-state index contributed by atoms with van der Waals surface area (Å²) in [6.45, 7) is 2.51. The number of hydrogen-bond acceptors (Lipinski definition) is 5. The summed E-state index contributed by atoms with van der Waals surface area (Å²) in [4.78, 5) is 13.9. The molecule has 3 heterocycles. The van der Waals surface area contributed by atoms with E-state index in [1.54, 1.807) is 16.7 Å². The molecule has 0 bridgehead atoms. The second-order valence-electron chi connectivity index (χ2n) is 9.77. The van der Waals surface area contributed by atoms with Gasteiger partial charge in [0.2, 0.25) is 0 Å². The van der Waals surface area contributed by atoms with Gasteiger partial charge in [0.25, 0.3) is 5.91 Å². The zero-order valence-electron chi connectivity index (χ0n) is 21.0. The second-order valence-corrected chi connectivity index (χ2v) is 10.6. The fourth-order valence-electron chi connectivity index (χ4n) is 5.59. The van der Waals surface area contributed by atoms with Gasteiger partial charge in [-0.3, -0.25) is 9.36 Å². The molecule has 1 aliphatic rings. The number of nitrogens with one attached hydrogen (secondary N) is 1. The Labute approximate surface area is 234 Å². The molecule has 2 aromatic heterocycles. The molecule has 0 saturated heterocycles. The molecular formula is C29H24Cl2N6O2. The molecule has 5 aromatic rings. The number of oxime groups is 1. The molecule has 2 N–H and O–H groups in total. The third-order valence-electron chi connectivity index (χ3n) is 7.42. The number of aryl methyl sites for hydroxylation is 1. The van der Waals surface area contributed by atoms with E-state index in [9.17, 15) is 10.0 Å². The fraction of sp³-hybridized carbons (Fsp3) is 0.172. The quantitative estimate of drug-likeness (QED) is 0.159. The lowest BCUT2D eigenvalue weighted by atomic mass is 9.81. The third-order valence-corrected chi connectivity index (χ3v) is 8.02. The van der Waals surface area contributed by atoms with Crippen LogP contribution in [0.3, 0.4) is 0 Å². The maximum atomic E-state index is 13.9. The minimum absolute atomic E-state index is 0.206. The van der Waals surface area contributed by atoms with Gasteiger partial charge < -0.3 is 15.1 Å². The summed E-state index contributed by atoms with van der Waals surface area (Å²) >= 11 is 13.2.